The van der Waals surface area contributed by atoms with Crippen molar-refractivity contribution in [2.75, 3.05) is 18.1 Å². The van der Waals surface area contributed by atoms with Gasteiger partial charge < -0.3 is 14.7 Å². The Labute approximate surface area is 117 Å². The van der Waals surface area contributed by atoms with E-state index in [1.54, 1.807) is 6.33 Å². The Morgan fingerprint density at radius 1 is 1.40 bits per heavy atom. The van der Waals surface area contributed by atoms with Crippen LogP contribution in [0.3, 0.4) is 0 Å². The van der Waals surface area contributed by atoms with E-state index in [0.29, 0.717) is 13.1 Å². The van der Waals surface area contributed by atoms with Crippen molar-refractivity contribution in [3.63, 3.8) is 0 Å². The number of aryl methyl sites for hydroxylation is 1. The van der Waals surface area contributed by atoms with Crippen molar-refractivity contribution in [3.8, 4) is 5.75 Å². The first-order valence-corrected chi connectivity index (χ1v) is 6.80. The van der Waals surface area contributed by atoms with E-state index in [0.717, 1.165) is 23.8 Å². The smallest absolute Gasteiger partial charge is 0.146 e. The minimum atomic E-state index is -0.206. The Balaban J connectivity index is 1.88. The number of anilines is 1. The molecule has 2 aromatic rings. The number of benzene rings is 1. The lowest BCUT2D eigenvalue weighted by atomic mass is 10.2. The SMILES string of the molecule is CCn1ncnc1CN1CC(CO)Oc2ccccc21. The maximum Gasteiger partial charge on any atom is 0.146 e. The predicted molar refractivity (Wildman–Crippen MR) is 74.7 cm³/mol. The van der Waals surface area contributed by atoms with E-state index in [2.05, 4.69) is 15.0 Å². The summed E-state index contributed by atoms with van der Waals surface area (Å²) in [6.45, 7) is 4.15. The van der Waals surface area contributed by atoms with E-state index in [1.807, 2.05) is 35.9 Å². The second-order valence-electron chi connectivity index (χ2n) is 4.76. The van der Waals surface area contributed by atoms with Gasteiger partial charge in [-0.25, -0.2) is 9.67 Å². The van der Waals surface area contributed by atoms with E-state index in [4.69, 9.17) is 4.74 Å². The second kappa shape index (κ2) is 5.50. The maximum atomic E-state index is 9.38. The summed E-state index contributed by atoms with van der Waals surface area (Å²) >= 11 is 0. The van der Waals surface area contributed by atoms with E-state index >= 15 is 0 Å². The molecule has 1 aliphatic heterocycles. The zero-order valence-electron chi connectivity index (χ0n) is 11.4. The third kappa shape index (κ3) is 2.34. The molecule has 0 aliphatic carbocycles. The van der Waals surface area contributed by atoms with Crippen LogP contribution in [0, 0.1) is 0 Å². The highest BCUT2D eigenvalue weighted by atomic mass is 16.5. The van der Waals surface area contributed by atoms with Gasteiger partial charge in [0.25, 0.3) is 0 Å². The fraction of sp³-hybridized carbons (Fsp3) is 0.429. The lowest BCUT2D eigenvalue weighted by Crippen LogP contribution is -2.42. The summed E-state index contributed by atoms with van der Waals surface area (Å²) in [5, 5.41) is 13.6. The van der Waals surface area contributed by atoms with Gasteiger partial charge in [-0.05, 0) is 19.1 Å². The molecule has 1 N–H and O–H groups in total. The number of aliphatic hydroxyl groups excluding tert-OH is 1. The molecule has 20 heavy (non-hydrogen) atoms. The van der Waals surface area contributed by atoms with Crippen molar-refractivity contribution in [1.29, 1.82) is 0 Å². The van der Waals surface area contributed by atoms with Gasteiger partial charge >= 0.3 is 0 Å². The Hall–Kier alpha value is -2.08. The Kier molecular flexibility index (Phi) is 3.56. The molecule has 0 radical (unpaired) electrons. The van der Waals surface area contributed by atoms with Gasteiger partial charge in [0.1, 0.15) is 24.0 Å². The normalized spacial score (nSPS) is 17.7. The standard InChI is InChI=1S/C14H18N4O2/c1-2-18-14(15-10-16-18)8-17-7-11(9-19)20-13-6-4-3-5-12(13)17/h3-6,10-11,19H,2,7-9H2,1H3. The minimum Gasteiger partial charge on any atom is -0.484 e. The Bertz CT molecular complexity index is 584. The molecule has 1 aromatic heterocycles. The van der Waals surface area contributed by atoms with Crippen LogP contribution in [-0.4, -0.2) is 39.1 Å². The van der Waals surface area contributed by atoms with E-state index in [-0.39, 0.29) is 12.7 Å². The third-order valence-corrected chi connectivity index (χ3v) is 3.45. The van der Waals surface area contributed by atoms with Gasteiger partial charge in [-0.15, -0.1) is 0 Å². The van der Waals surface area contributed by atoms with E-state index in [1.165, 1.54) is 0 Å². The van der Waals surface area contributed by atoms with Crippen LogP contribution < -0.4 is 9.64 Å². The number of fused-ring (bicyclic) bond motifs is 1. The van der Waals surface area contributed by atoms with Crippen molar-refractivity contribution in [2.24, 2.45) is 0 Å². The van der Waals surface area contributed by atoms with Crippen molar-refractivity contribution in [2.45, 2.75) is 26.1 Å². The zero-order valence-corrected chi connectivity index (χ0v) is 11.4. The molecule has 1 aliphatic rings. The van der Waals surface area contributed by atoms with Crippen molar-refractivity contribution in [3.05, 3.63) is 36.4 Å². The highest BCUT2D eigenvalue weighted by Crippen LogP contribution is 2.33. The molecule has 0 amide bonds. The molecule has 3 rings (SSSR count). The van der Waals surface area contributed by atoms with E-state index in [9.17, 15) is 5.11 Å². The predicted octanol–water partition coefficient (Wildman–Crippen LogP) is 1.06. The zero-order chi connectivity index (χ0) is 13.9. The highest BCUT2D eigenvalue weighted by molar-refractivity contribution is 5.60. The van der Waals surface area contributed by atoms with Crippen LogP contribution in [0.1, 0.15) is 12.7 Å². The molecule has 2 heterocycles. The number of ether oxygens (including phenoxy) is 1. The van der Waals surface area contributed by atoms with Gasteiger partial charge in [0.2, 0.25) is 0 Å². The summed E-state index contributed by atoms with van der Waals surface area (Å²) in [7, 11) is 0. The molecular weight excluding hydrogens is 256 g/mol. The van der Waals surface area contributed by atoms with Crippen LogP contribution >= 0.6 is 0 Å². The first-order valence-electron chi connectivity index (χ1n) is 6.80. The van der Waals surface area contributed by atoms with Crippen LogP contribution in [0.4, 0.5) is 5.69 Å². The third-order valence-electron chi connectivity index (χ3n) is 3.45. The molecule has 106 valence electrons. The lowest BCUT2D eigenvalue weighted by Gasteiger charge is -2.35. The maximum absolute atomic E-state index is 9.38. The molecule has 0 saturated heterocycles. The van der Waals surface area contributed by atoms with E-state index < -0.39 is 0 Å². The van der Waals surface area contributed by atoms with Crippen molar-refractivity contribution >= 4 is 5.69 Å². The minimum absolute atomic E-state index is 0.00526. The molecule has 1 aromatic carbocycles. The molecule has 0 bridgehead atoms. The molecule has 6 heteroatoms. The summed E-state index contributed by atoms with van der Waals surface area (Å²) in [4.78, 5) is 6.49. The summed E-state index contributed by atoms with van der Waals surface area (Å²) in [6.07, 6.45) is 1.37. The van der Waals surface area contributed by atoms with Gasteiger partial charge in [0.15, 0.2) is 0 Å². The number of aromatic nitrogens is 3. The fourth-order valence-electron chi connectivity index (χ4n) is 2.47. The first kappa shape index (κ1) is 12.9. The summed E-state index contributed by atoms with van der Waals surface area (Å²) in [6, 6.07) is 7.87. The fourth-order valence-corrected chi connectivity index (χ4v) is 2.47. The molecule has 1 unspecified atom stereocenters. The molecule has 0 saturated carbocycles. The Morgan fingerprint density at radius 2 is 2.25 bits per heavy atom. The number of rotatable bonds is 4. The average molecular weight is 274 g/mol. The van der Waals surface area contributed by atoms with Crippen molar-refractivity contribution in [1.82, 2.24) is 14.8 Å². The van der Waals surface area contributed by atoms with Gasteiger partial charge in [-0.2, -0.15) is 5.10 Å². The quantitative estimate of drug-likeness (QED) is 0.903. The number of hydrogen-bond acceptors (Lipinski definition) is 5. The first-order chi connectivity index (χ1) is 9.81. The molecular formula is C14H18N4O2. The van der Waals surface area contributed by atoms with Gasteiger partial charge in [-0.1, -0.05) is 12.1 Å². The van der Waals surface area contributed by atoms with Crippen LogP contribution in [0.2, 0.25) is 0 Å². The lowest BCUT2D eigenvalue weighted by molar-refractivity contribution is 0.111. The molecule has 6 nitrogen and oxygen atoms in total. The van der Waals surface area contributed by atoms with Gasteiger partial charge in [-0.3, -0.25) is 0 Å². The van der Waals surface area contributed by atoms with Crippen LogP contribution in [0.5, 0.6) is 5.75 Å². The summed E-state index contributed by atoms with van der Waals surface area (Å²) < 4.78 is 7.63. The summed E-state index contributed by atoms with van der Waals surface area (Å²) in [5.74, 6) is 1.72. The van der Waals surface area contributed by atoms with Crippen LogP contribution in [0.25, 0.3) is 0 Å². The molecule has 1 atom stereocenters. The molecule has 0 fully saturated rings. The monoisotopic (exact) mass is 274 g/mol. The largest absolute Gasteiger partial charge is 0.484 e. The summed E-state index contributed by atoms with van der Waals surface area (Å²) in [5.41, 5.74) is 1.03. The number of para-hydroxylation sites is 2. The van der Waals surface area contributed by atoms with Crippen LogP contribution in [0.15, 0.2) is 30.6 Å². The molecule has 0 spiro atoms. The van der Waals surface area contributed by atoms with Gasteiger partial charge in [0, 0.05) is 6.54 Å². The topological polar surface area (TPSA) is 63.4 Å². The number of nitrogens with zero attached hydrogens (tertiary/aromatic N) is 4. The number of hydrogen-bond donors (Lipinski definition) is 1. The second-order valence-corrected chi connectivity index (χ2v) is 4.76. The number of aliphatic hydroxyl groups is 1. The van der Waals surface area contributed by atoms with Gasteiger partial charge in [0.05, 0.1) is 25.4 Å². The average Bonchev–Trinajstić information content (AvgIpc) is 2.94. The van der Waals surface area contributed by atoms with Crippen LogP contribution in [-0.2, 0) is 13.1 Å². The van der Waals surface area contributed by atoms with Crippen molar-refractivity contribution < 1.29 is 9.84 Å². The highest BCUT2D eigenvalue weighted by Gasteiger charge is 2.25. The Morgan fingerprint density at radius 3 is 3.05 bits per heavy atom.